The van der Waals surface area contributed by atoms with Crippen molar-refractivity contribution in [3.63, 3.8) is 0 Å². The molecule has 106 valence electrons. The number of nitrogens with zero attached hydrogens (tertiary/aromatic N) is 1. The molecule has 0 aliphatic carbocycles. The van der Waals surface area contributed by atoms with Crippen LogP contribution >= 0.6 is 0 Å². The predicted molar refractivity (Wildman–Crippen MR) is 74.3 cm³/mol. The second kappa shape index (κ2) is 5.61. The number of hydrogen-bond acceptors (Lipinski definition) is 3. The Morgan fingerprint density at radius 3 is 2.68 bits per heavy atom. The van der Waals surface area contributed by atoms with Gasteiger partial charge >= 0.3 is 0 Å². The van der Waals surface area contributed by atoms with Crippen molar-refractivity contribution < 1.29 is 13.5 Å². The van der Waals surface area contributed by atoms with Gasteiger partial charge in [0.05, 0.1) is 11.5 Å². The SMILES string of the molecule is CCc1ccc(CO)cc1S(=O)(=O)N1CCC(C)C1. The van der Waals surface area contributed by atoms with Crippen LogP contribution in [0.1, 0.15) is 31.4 Å². The first kappa shape index (κ1) is 14.5. The third-order valence-electron chi connectivity index (χ3n) is 3.70. The van der Waals surface area contributed by atoms with Gasteiger partial charge < -0.3 is 5.11 Å². The van der Waals surface area contributed by atoms with E-state index >= 15 is 0 Å². The largest absolute Gasteiger partial charge is 0.392 e. The zero-order chi connectivity index (χ0) is 14.0. The van der Waals surface area contributed by atoms with Gasteiger partial charge in [-0.2, -0.15) is 4.31 Å². The summed E-state index contributed by atoms with van der Waals surface area (Å²) >= 11 is 0. The van der Waals surface area contributed by atoms with Gasteiger partial charge in [-0.15, -0.1) is 0 Å². The Balaban J connectivity index is 2.44. The minimum absolute atomic E-state index is 0.136. The Labute approximate surface area is 115 Å². The fourth-order valence-corrected chi connectivity index (χ4v) is 4.40. The maximum atomic E-state index is 12.7. The molecule has 0 bridgehead atoms. The molecule has 1 aliphatic heterocycles. The van der Waals surface area contributed by atoms with Crippen LogP contribution in [0.15, 0.2) is 23.1 Å². The van der Waals surface area contributed by atoms with Crippen LogP contribution in [0, 0.1) is 5.92 Å². The minimum atomic E-state index is -3.42. The van der Waals surface area contributed by atoms with E-state index in [9.17, 15) is 13.5 Å². The number of hydrogen-bond donors (Lipinski definition) is 1. The summed E-state index contributed by atoms with van der Waals surface area (Å²) in [5.74, 6) is 0.417. The van der Waals surface area contributed by atoms with E-state index in [2.05, 4.69) is 6.92 Å². The molecule has 1 heterocycles. The van der Waals surface area contributed by atoms with Crippen LogP contribution < -0.4 is 0 Å². The van der Waals surface area contributed by atoms with Gasteiger partial charge in [-0.3, -0.25) is 0 Å². The second-order valence-corrected chi connectivity index (χ2v) is 7.12. The monoisotopic (exact) mass is 283 g/mol. The van der Waals surface area contributed by atoms with Crippen molar-refractivity contribution >= 4 is 10.0 Å². The molecular formula is C14H21NO3S. The van der Waals surface area contributed by atoms with Crippen molar-refractivity contribution in [2.24, 2.45) is 5.92 Å². The van der Waals surface area contributed by atoms with E-state index in [4.69, 9.17) is 0 Å². The molecule has 0 amide bonds. The minimum Gasteiger partial charge on any atom is -0.392 e. The zero-order valence-electron chi connectivity index (χ0n) is 11.5. The Bertz CT molecular complexity index is 554. The molecule has 1 aromatic rings. The highest BCUT2D eigenvalue weighted by molar-refractivity contribution is 7.89. The molecule has 0 aromatic heterocycles. The molecule has 1 fully saturated rings. The van der Waals surface area contributed by atoms with Crippen molar-refractivity contribution in [3.05, 3.63) is 29.3 Å². The molecule has 4 nitrogen and oxygen atoms in total. The number of aliphatic hydroxyl groups is 1. The first-order valence-electron chi connectivity index (χ1n) is 6.71. The number of sulfonamides is 1. The third kappa shape index (κ3) is 2.83. The average Bonchev–Trinajstić information content (AvgIpc) is 2.85. The van der Waals surface area contributed by atoms with Crippen molar-refractivity contribution in [2.75, 3.05) is 13.1 Å². The van der Waals surface area contributed by atoms with Crippen LogP contribution in [0.3, 0.4) is 0 Å². The summed E-state index contributed by atoms with van der Waals surface area (Å²) < 4.78 is 26.9. The van der Waals surface area contributed by atoms with Crippen molar-refractivity contribution in [2.45, 2.75) is 38.2 Å². The molecule has 1 atom stereocenters. The molecule has 1 unspecified atom stereocenters. The number of rotatable bonds is 4. The summed E-state index contributed by atoms with van der Waals surface area (Å²) in [6.07, 6.45) is 1.59. The topological polar surface area (TPSA) is 57.6 Å². The second-order valence-electron chi connectivity index (χ2n) is 5.21. The molecule has 19 heavy (non-hydrogen) atoms. The summed E-state index contributed by atoms with van der Waals surface area (Å²) in [5, 5.41) is 9.19. The molecule has 1 aliphatic rings. The number of aryl methyl sites for hydroxylation is 1. The van der Waals surface area contributed by atoms with Gasteiger partial charge in [-0.25, -0.2) is 8.42 Å². The van der Waals surface area contributed by atoms with E-state index in [1.54, 1.807) is 22.5 Å². The number of benzene rings is 1. The highest BCUT2D eigenvalue weighted by Gasteiger charge is 2.31. The van der Waals surface area contributed by atoms with Crippen LogP contribution in [0.2, 0.25) is 0 Å². The highest BCUT2D eigenvalue weighted by Crippen LogP contribution is 2.27. The van der Waals surface area contributed by atoms with Gasteiger partial charge in [0.15, 0.2) is 0 Å². The van der Waals surface area contributed by atoms with Crippen molar-refractivity contribution in [1.82, 2.24) is 4.31 Å². The Morgan fingerprint density at radius 1 is 1.42 bits per heavy atom. The molecule has 5 heteroatoms. The smallest absolute Gasteiger partial charge is 0.243 e. The van der Waals surface area contributed by atoms with E-state index < -0.39 is 10.0 Å². The lowest BCUT2D eigenvalue weighted by Crippen LogP contribution is -2.29. The van der Waals surface area contributed by atoms with Gasteiger partial charge in [0.25, 0.3) is 0 Å². The van der Waals surface area contributed by atoms with Crippen LogP contribution in [0.4, 0.5) is 0 Å². The van der Waals surface area contributed by atoms with Gasteiger partial charge in [-0.1, -0.05) is 26.0 Å². The van der Waals surface area contributed by atoms with E-state index in [1.165, 1.54) is 0 Å². The molecule has 2 rings (SSSR count). The zero-order valence-corrected chi connectivity index (χ0v) is 12.3. The highest BCUT2D eigenvalue weighted by atomic mass is 32.2. The Kier molecular flexibility index (Phi) is 4.28. The molecular weight excluding hydrogens is 262 g/mol. The molecule has 0 radical (unpaired) electrons. The fraction of sp³-hybridized carbons (Fsp3) is 0.571. The average molecular weight is 283 g/mol. The molecule has 1 saturated heterocycles. The van der Waals surface area contributed by atoms with Crippen LogP contribution in [0.5, 0.6) is 0 Å². The summed E-state index contributed by atoms with van der Waals surface area (Å²) in [6, 6.07) is 5.19. The lowest BCUT2D eigenvalue weighted by molar-refractivity contribution is 0.281. The molecule has 0 spiro atoms. The third-order valence-corrected chi connectivity index (χ3v) is 5.65. The summed E-state index contributed by atoms with van der Waals surface area (Å²) in [4.78, 5) is 0.357. The molecule has 1 N–H and O–H groups in total. The van der Waals surface area contributed by atoms with E-state index in [0.717, 1.165) is 12.0 Å². The normalized spacial score (nSPS) is 20.9. The van der Waals surface area contributed by atoms with Crippen LogP contribution in [-0.4, -0.2) is 30.9 Å². The lowest BCUT2D eigenvalue weighted by Gasteiger charge is -2.19. The van der Waals surface area contributed by atoms with Crippen LogP contribution in [0.25, 0.3) is 0 Å². The van der Waals surface area contributed by atoms with E-state index in [0.29, 0.717) is 35.9 Å². The van der Waals surface area contributed by atoms with Gasteiger partial charge in [-0.05, 0) is 36.0 Å². The molecule has 1 aromatic carbocycles. The lowest BCUT2D eigenvalue weighted by atomic mass is 10.1. The first-order chi connectivity index (χ1) is 8.98. The Morgan fingerprint density at radius 2 is 2.16 bits per heavy atom. The van der Waals surface area contributed by atoms with E-state index in [-0.39, 0.29) is 6.61 Å². The fourth-order valence-electron chi connectivity index (χ4n) is 2.48. The predicted octanol–water partition coefficient (Wildman–Crippen LogP) is 1.77. The maximum absolute atomic E-state index is 12.7. The summed E-state index contributed by atoms with van der Waals surface area (Å²) in [5.41, 5.74) is 1.46. The quantitative estimate of drug-likeness (QED) is 0.916. The van der Waals surface area contributed by atoms with Gasteiger partial charge in [0.2, 0.25) is 10.0 Å². The standard InChI is InChI=1S/C14H21NO3S/c1-3-13-5-4-12(10-16)8-14(13)19(17,18)15-7-6-11(2)9-15/h4-5,8,11,16H,3,6-7,9-10H2,1-2H3. The summed E-state index contributed by atoms with van der Waals surface area (Å²) in [6.45, 7) is 5.06. The van der Waals surface area contributed by atoms with Gasteiger partial charge in [0, 0.05) is 13.1 Å². The van der Waals surface area contributed by atoms with Gasteiger partial charge in [0.1, 0.15) is 0 Å². The van der Waals surface area contributed by atoms with Crippen molar-refractivity contribution in [3.8, 4) is 0 Å². The number of aliphatic hydroxyl groups excluding tert-OH is 1. The van der Waals surface area contributed by atoms with Crippen LogP contribution in [-0.2, 0) is 23.1 Å². The Hall–Kier alpha value is -0.910. The first-order valence-corrected chi connectivity index (χ1v) is 8.15. The maximum Gasteiger partial charge on any atom is 0.243 e. The van der Waals surface area contributed by atoms with Crippen molar-refractivity contribution in [1.29, 1.82) is 0 Å². The van der Waals surface area contributed by atoms with E-state index in [1.807, 2.05) is 6.92 Å². The summed E-state index contributed by atoms with van der Waals surface area (Å²) in [7, 11) is -3.42. The molecule has 0 saturated carbocycles.